The topological polar surface area (TPSA) is 9.23 Å². The lowest BCUT2D eigenvalue weighted by Crippen LogP contribution is -1.90. The summed E-state index contributed by atoms with van der Waals surface area (Å²) in [6.45, 7) is 7.00. The van der Waals surface area contributed by atoms with Gasteiger partial charge in [-0.2, -0.15) is 0 Å². The normalized spacial score (nSPS) is 11.7. The van der Waals surface area contributed by atoms with E-state index in [9.17, 15) is 0 Å². The van der Waals surface area contributed by atoms with E-state index >= 15 is 0 Å². The van der Waals surface area contributed by atoms with Crippen molar-refractivity contribution in [1.82, 2.24) is 0 Å². The number of hydrogen-bond acceptors (Lipinski definition) is 1. The van der Waals surface area contributed by atoms with Gasteiger partial charge in [-0.3, -0.25) is 0 Å². The van der Waals surface area contributed by atoms with Gasteiger partial charge in [0, 0.05) is 0 Å². The summed E-state index contributed by atoms with van der Waals surface area (Å²) in [6, 6.07) is 0. The van der Waals surface area contributed by atoms with Crippen LogP contribution in [0.5, 0.6) is 0 Å². The van der Waals surface area contributed by atoms with Crippen molar-refractivity contribution in [2.45, 2.75) is 33.6 Å². The predicted octanol–water partition coefficient (Wildman–Crippen LogP) is 2.73. The van der Waals surface area contributed by atoms with Gasteiger partial charge >= 0.3 is 0 Å². The summed E-state index contributed by atoms with van der Waals surface area (Å²) in [4.78, 5) is 0. The van der Waals surface area contributed by atoms with Crippen molar-refractivity contribution in [3.05, 3.63) is 11.8 Å². The number of hydrogen-bond donors (Lipinski definition) is 0. The molecule has 0 unspecified atom stereocenters. The molecule has 0 aromatic carbocycles. The van der Waals surface area contributed by atoms with Gasteiger partial charge in [0.2, 0.25) is 0 Å². The minimum absolute atomic E-state index is 0.868. The molecule has 0 radical (unpaired) electrons. The molecule has 0 atom stereocenters. The van der Waals surface area contributed by atoms with Crippen LogP contribution >= 0.6 is 0 Å². The first-order valence-corrected chi connectivity index (χ1v) is 3.57. The van der Waals surface area contributed by atoms with E-state index in [1.54, 1.807) is 0 Å². The minimum atomic E-state index is 0.868. The van der Waals surface area contributed by atoms with Crippen LogP contribution < -0.4 is 0 Å². The molecule has 0 aliphatic rings. The molecular formula is C8H16O. The molecule has 0 aliphatic heterocycles. The molecule has 0 aromatic heterocycles. The van der Waals surface area contributed by atoms with Crippen LogP contribution in [0.2, 0.25) is 0 Å². The molecule has 0 aliphatic carbocycles. The maximum absolute atomic E-state index is 5.29. The molecule has 0 amide bonds. The van der Waals surface area contributed by atoms with Crippen molar-refractivity contribution < 1.29 is 4.74 Å². The molecule has 0 fully saturated rings. The van der Waals surface area contributed by atoms with Crippen LogP contribution in [0.3, 0.4) is 0 Å². The van der Waals surface area contributed by atoms with Gasteiger partial charge in [0.1, 0.15) is 0 Å². The molecule has 0 rings (SSSR count). The van der Waals surface area contributed by atoms with Gasteiger partial charge in [0.05, 0.1) is 12.4 Å². The fourth-order valence-electron chi connectivity index (χ4n) is 0.461. The summed E-state index contributed by atoms with van der Waals surface area (Å²) in [5.74, 6) is 1.03. The van der Waals surface area contributed by atoms with E-state index in [1.165, 1.54) is 6.42 Å². The van der Waals surface area contributed by atoms with Crippen LogP contribution in [0, 0.1) is 0 Å². The Hall–Kier alpha value is -0.460. The van der Waals surface area contributed by atoms with Crippen LogP contribution in [-0.2, 0) is 4.74 Å². The first-order valence-electron chi connectivity index (χ1n) is 3.57. The highest BCUT2D eigenvalue weighted by molar-refractivity contribution is 4.83. The number of rotatable bonds is 4. The lowest BCUT2D eigenvalue weighted by Gasteiger charge is -2.02. The maximum atomic E-state index is 5.29. The third-order valence-corrected chi connectivity index (χ3v) is 1.23. The van der Waals surface area contributed by atoms with E-state index in [1.807, 2.05) is 19.9 Å². The van der Waals surface area contributed by atoms with Gasteiger partial charge in [-0.15, -0.1) is 0 Å². The van der Waals surface area contributed by atoms with Crippen molar-refractivity contribution in [1.29, 1.82) is 0 Å². The summed E-state index contributed by atoms with van der Waals surface area (Å²) in [5.41, 5.74) is 0. The fourth-order valence-corrected chi connectivity index (χ4v) is 0.461. The van der Waals surface area contributed by atoms with Gasteiger partial charge < -0.3 is 4.74 Å². The van der Waals surface area contributed by atoms with Crippen molar-refractivity contribution in [3.8, 4) is 0 Å². The Morgan fingerprint density at radius 2 is 2.22 bits per heavy atom. The Kier molecular flexibility index (Phi) is 5.38. The number of allylic oxidation sites excluding steroid dienone is 2. The lowest BCUT2D eigenvalue weighted by atomic mass is 10.4. The summed E-state index contributed by atoms with van der Waals surface area (Å²) >= 11 is 0. The van der Waals surface area contributed by atoms with E-state index in [-0.39, 0.29) is 0 Å². The molecule has 0 bridgehead atoms. The Labute approximate surface area is 57.7 Å². The molecule has 0 saturated carbocycles. The zero-order chi connectivity index (χ0) is 7.11. The second-order valence-corrected chi connectivity index (χ2v) is 2.10. The monoisotopic (exact) mass is 128 g/mol. The SMILES string of the molecule is CC=C(C)OCCCC. The standard InChI is InChI=1S/C8H16O/c1-4-6-7-9-8(3)5-2/h5H,4,6-7H2,1-3H3. The Morgan fingerprint density at radius 3 is 2.67 bits per heavy atom. The fraction of sp³-hybridized carbons (Fsp3) is 0.750. The molecule has 1 heteroatoms. The highest BCUT2D eigenvalue weighted by Gasteiger charge is 1.85. The summed E-state index contributed by atoms with van der Waals surface area (Å²) in [5, 5.41) is 0. The predicted molar refractivity (Wildman–Crippen MR) is 40.3 cm³/mol. The molecular weight excluding hydrogens is 112 g/mol. The highest BCUT2D eigenvalue weighted by atomic mass is 16.5. The van der Waals surface area contributed by atoms with E-state index in [4.69, 9.17) is 4.74 Å². The Balaban J connectivity index is 3.07. The maximum Gasteiger partial charge on any atom is 0.0886 e. The molecule has 1 nitrogen and oxygen atoms in total. The first-order chi connectivity index (χ1) is 4.31. The van der Waals surface area contributed by atoms with E-state index in [2.05, 4.69) is 6.92 Å². The molecule has 9 heavy (non-hydrogen) atoms. The van der Waals surface area contributed by atoms with Gasteiger partial charge in [-0.1, -0.05) is 19.4 Å². The van der Waals surface area contributed by atoms with Crippen LogP contribution in [-0.4, -0.2) is 6.61 Å². The molecule has 0 heterocycles. The van der Waals surface area contributed by atoms with Crippen LogP contribution in [0.1, 0.15) is 33.6 Å². The molecule has 0 saturated heterocycles. The molecule has 0 N–H and O–H groups in total. The average molecular weight is 128 g/mol. The van der Waals surface area contributed by atoms with Gasteiger partial charge in [-0.05, 0) is 20.3 Å². The van der Waals surface area contributed by atoms with Crippen molar-refractivity contribution in [3.63, 3.8) is 0 Å². The second-order valence-electron chi connectivity index (χ2n) is 2.10. The van der Waals surface area contributed by atoms with Gasteiger partial charge in [0.25, 0.3) is 0 Å². The zero-order valence-electron chi connectivity index (χ0n) is 6.61. The van der Waals surface area contributed by atoms with Crippen molar-refractivity contribution in [2.24, 2.45) is 0 Å². The Morgan fingerprint density at radius 1 is 1.56 bits per heavy atom. The van der Waals surface area contributed by atoms with E-state index < -0.39 is 0 Å². The van der Waals surface area contributed by atoms with Crippen LogP contribution in [0.15, 0.2) is 11.8 Å². The quantitative estimate of drug-likeness (QED) is 0.418. The smallest absolute Gasteiger partial charge is 0.0886 e. The largest absolute Gasteiger partial charge is 0.499 e. The zero-order valence-corrected chi connectivity index (χ0v) is 6.61. The highest BCUT2D eigenvalue weighted by Crippen LogP contribution is 1.96. The van der Waals surface area contributed by atoms with Crippen molar-refractivity contribution >= 4 is 0 Å². The third kappa shape index (κ3) is 5.41. The third-order valence-electron chi connectivity index (χ3n) is 1.23. The summed E-state index contributed by atoms with van der Waals surface area (Å²) in [6.07, 6.45) is 4.35. The second kappa shape index (κ2) is 5.67. The van der Waals surface area contributed by atoms with Gasteiger partial charge in [-0.25, -0.2) is 0 Å². The first kappa shape index (κ1) is 8.54. The van der Waals surface area contributed by atoms with Crippen LogP contribution in [0.4, 0.5) is 0 Å². The summed E-state index contributed by atoms with van der Waals surface area (Å²) in [7, 11) is 0. The molecule has 0 aromatic rings. The minimum Gasteiger partial charge on any atom is -0.499 e. The average Bonchev–Trinajstić information content (AvgIpc) is 1.89. The van der Waals surface area contributed by atoms with Crippen molar-refractivity contribution in [2.75, 3.05) is 6.61 Å². The molecule has 54 valence electrons. The Bertz CT molecular complexity index is 84.6. The van der Waals surface area contributed by atoms with E-state index in [0.29, 0.717) is 0 Å². The molecule has 0 spiro atoms. The van der Waals surface area contributed by atoms with Crippen LogP contribution in [0.25, 0.3) is 0 Å². The number of ether oxygens (including phenoxy) is 1. The van der Waals surface area contributed by atoms with Gasteiger partial charge in [0.15, 0.2) is 0 Å². The van der Waals surface area contributed by atoms with E-state index in [0.717, 1.165) is 18.8 Å². The summed E-state index contributed by atoms with van der Waals surface area (Å²) < 4.78 is 5.29. The number of unbranched alkanes of at least 4 members (excludes halogenated alkanes) is 1. The lowest BCUT2D eigenvalue weighted by molar-refractivity contribution is 0.209.